The third-order valence-corrected chi connectivity index (χ3v) is 19.6. The van der Waals surface area contributed by atoms with Crippen LogP contribution in [0, 0.1) is 34.3 Å². The number of halogens is 3. The monoisotopic (exact) mass is 1220 g/mol. The summed E-state index contributed by atoms with van der Waals surface area (Å²) in [6.45, 7) is 13.3. The molecule has 6 aromatic heterocycles. The lowest BCUT2D eigenvalue weighted by molar-refractivity contribution is -0.142. The molecule has 2 amide bonds. The Hall–Kier alpha value is -6.97. The SMILES string of the molecule is CCc1sc2ccc(N3CCN(CC(=O)N4CC(O)C4)CC3)nc2c1N(C)c1nc(-c2ccc(F)cc2)c(C#N)s1.CCc1sc2ccc(N3CCNCC3)nc2c1N(C)c1nc(-c2ccc(F)cc2)c(C#N)s1.O=C(CCl)N1CC(O)C1. The third kappa shape index (κ3) is 13.1. The van der Waals surface area contributed by atoms with Gasteiger partial charge in [0.15, 0.2) is 10.3 Å². The number of carbonyl (C=O) groups excluding carboxylic acids is 2. The number of aliphatic hydroxyl groups excluding tert-OH is 2. The molecule has 0 aliphatic carbocycles. The van der Waals surface area contributed by atoms with Gasteiger partial charge in [-0.3, -0.25) is 14.5 Å². The van der Waals surface area contributed by atoms with E-state index in [1.54, 1.807) is 51.8 Å². The number of fused-ring (bicyclic) bond motifs is 2. The molecule has 8 aromatic rings. The van der Waals surface area contributed by atoms with E-state index in [4.69, 9.17) is 36.6 Å². The fraction of sp³-hybridized carbons (Fsp3) is 0.379. The minimum atomic E-state index is -0.382. The van der Waals surface area contributed by atoms with Gasteiger partial charge in [-0.15, -0.1) is 34.3 Å². The first kappa shape index (κ1) is 59.2. The number of likely N-dealkylation sites (tertiary alicyclic amines) is 2. The molecule has 4 aliphatic rings. The molecule has 0 atom stereocenters. The van der Waals surface area contributed by atoms with Crippen LogP contribution in [0.1, 0.15) is 33.4 Å². The van der Waals surface area contributed by atoms with Crippen molar-refractivity contribution in [3.8, 4) is 34.7 Å². The van der Waals surface area contributed by atoms with Crippen molar-refractivity contribution >= 4 is 122 Å². The van der Waals surface area contributed by atoms with E-state index in [0.717, 1.165) is 119 Å². The third-order valence-electron chi connectivity index (χ3n) is 14.7. The molecule has 0 spiro atoms. The molecule has 4 saturated heterocycles. The second-order valence-corrected chi connectivity index (χ2v) is 24.7. The number of alkyl halides is 1. The van der Waals surface area contributed by atoms with Crippen LogP contribution in [-0.4, -0.2) is 174 Å². The number of anilines is 6. The number of carbonyl (C=O) groups is 2. The molecule has 83 heavy (non-hydrogen) atoms. The number of thiophene rings is 2. The van der Waals surface area contributed by atoms with Gasteiger partial charge in [0.2, 0.25) is 11.8 Å². The summed E-state index contributed by atoms with van der Waals surface area (Å²) < 4.78 is 29.1. The van der Waals surface area contributed by atoms with Gasteiger partial charge in [0.05, 0.1) is 39.5 Å². The molecule has 4 aliphatic heterocycles. The van der Waals surface area contributed by atoms with Gasteiger partial charge < -0.3 is 44.9 Å². The van der Waals surface area contributed by atoms with Gasteiger partial charge in [-0.25, -0.2) is 28.7 Å². The number of β-amino-alcohol motifs (C(OH)–C–C–N with tert-alkyl or cyclic N) is 2. The quantitative estimate of drug-likeness (QED) is 0.0923. The van der Waals surface area contributed by atoms with Crippen LogP contribution in [0.4, 0.5) is 42.1 Å². The van der Waals surface area contributed by atoms with Crippen LogP contribution in [0.15, 0.2) is 72.8 Å². The summed E-state index contributed by atoms with van der Waals surface area (Å²) in [5, 5.41) is 42.5. The summed E-state index contributed by atoms with van der Waals surface area (Å²) in [7, 11) is 3.94. The highest BCUT2D eigenvalue weighted by Gasteiger charge is 2.32. The number of amides is 2. The molecular weight excluding hydrogens is 1160 g/mol. The van der Waals surface area contributed by atoms with Crippen molar-refractivity contribution < 1.29 is 28.6 Å². The van der Waals surface area contributed by atoms with Crippen LogP contribution in [0.3, 0.4) is 0 Å². The fourth-order valence-corrected chi connectivity index (χ4v) is 14.2. The first-order chi connectivity index (χ1) is 40.2. The molecule has 25 heteroatoms. The summed E-state index contributed by atoms with van der Waals surface area (Å²) in [6, 6.07) is 25.1. The number of piperazine rings is 2. The van der Waals surface area contributed by atoms with Crippen molar-refractivity contribution in [2.24, 2.45) is 0 Å². The van der Waals surface area contributed by atoms with Gasteiger partial charge in [-0.2, -0.15) is 10.5 Å². The Bertz CT molecular complexity index is 3690. The summed E-state index contributed by atoms with van der Waals surface area (Å²) in [5.41, 5.74) is 6.45. The lowest BCUT2D eigenvalue weighted by Crippen LogP contribution is -2.57. The summed E-state index contributed by atoms with van der Waals surface area (Å²) >= 11 is 11.4. The van der Waals surface area contributed by atoms with Gasteiger partial charge in [0.1, 0.15) is 73.5 Å². The van der Waals surface area contributed by atoms with Crippen LogP contribution >= 0.6 is 56.9 Å². The highest BCUT2D eigenvalue weighted by atomic mass is 35.5. The number of nitrogens with zero attached hydrogens (tertiary/aromatic N) is 13. The molecule has 2 aromatic carbocycles. The van der Waals surface area contributed by atoms with E-state index >= 15 is 0 Å². The maximum absolute atomic E-state index is 13.5. The average Bonchev–Trinajstić information content (AvgIpc) is 4.39. The summed E-state index contributed by atoms with van der Waals surface area (Å²) in [6.07, 6.45) is 1.01. The van der Waals surface area contributed by atoms with Crippen molar-refractivity contribution in [2.45, 2.75) is 38.9 Å². The number of rotatable bonds is 13. The second kappa shape index (κ2) is 26.3. The zero-order valence-corrected chi connectivity index (χ0v) is 50.2. The van der Waals surface area contributed by atoms with Gasteiger partial charge in [-0.1, -0.05) is 36.5 Å². The van der Waals surface area contributed by atoms with E-state index in [1.807, 2.05) is 23.9 Å². The highest BCUT2D eigenvalue weighted by Crippen LogP contribution is 2.45. The largest absolute Gasteiger partial charge is 0.389 e. The molecule has 18 nitrogen and oxygen atoms in total. The number of nitrogens with one attached hydrogen (secondary N) is 1. The average molecular weight is 1220 g/mol. The predicted octanol–water partition coefficient (Wildman–Crippen LogP) is 8.68. The van der Waals surface area contributed by atoms with E-state index in [-0.39, 0.29) is 41.5 Å². The Morgan fingerprint density at radius 3 is 1.45 bits per heavy atom. The van der Waals surface area contributed by atoms with E-state index in [2.05, 4.69) is 70.3 Å². The Morgan fingerprint density at radius 1 is 0.627 bits per heavy atom. The Balaban J connectivity index is 0.000000164. The number of aromatic nitrogens is 4. The molecule has 0 bridgehead atoms. The maximum Gasteiger partial charge on any atom is 0.237 e. The zero-order valence-electron chi connectivity index (χ0n) is 46.2. The minimum absolute atomic E-state index is 0.0206. The summed E-state index contributed by atoms with van der Waals surface area (Å²) in [5.74, 6) is 1.24. The lowest BCUT2D eigenvalue weighted by Gasteiger charge is -2.39. The number of thiazole rings is 2. The molecule has 0 saturated carbocycles. The number of hydrogen-bond donors (Lipinski definition) is 3. The number of aliphatic hydroxyl groups is 2. The number of aryl methyl sites for hydroxylation is 2. The van der Waals surface area contributed by atoms with E-state index < -0.39 is 0 Å². The lowest BCUT2D eigenvalue weighted by atomic mass is 10.1. The standard InChI is InChI=1S/C29H30FN7O2S2.C24H23FN6S2.C5H8ClNO2/c1-3-21-28(34(2)29-33-26(23(14-31)41-29)18-4-6-19(30)7-5-18)27-22(40-21)8-9-24(32-27)36-12-10-35(11-13-36)17-25(39)37-15-20(38)16-37;1-3-17-23(22-18(32-17)8-9-20(28-22)31-12-10-27-11-13-31)30(2)24-29-21(19(14-26)33-24)15-4-6-16(25)7-5-15;6-1-5(9)7-2-4(8)3-7/h4-9,20,38H,3,10-13,15-17H2,1-2H3;4-9,27H,3,10-13H2,1-2H3;4,8H,1-3H2. The Morgan fingerprint density at radius 2 is 1.05 bits per heavy atom. The highest BCUT2D eigenvalue weighted by molar-refractivity contribution is 7.20. The molecule has 432 valence electrons. The molecular formula is C58H61ClF2N14O4S4. The van der Waals surface area contributed by atoms with Crippen molar-refractivity contribution in [3.63, 3.8) is 0 Å². The van der Waals surface area contributed by atoms with Crippen molar-refractivity contribution in [1.82, 2.24) is 40.0 Å². The molecule has 4 fully saturated rings. The number of benzene rings is 2. The molecule has 3 N–H and O–H groups in total. The smallest absolute Gasteiger partial charge is 0.237 e. The van der Waals surface area contributed by atoms with Crippen molar-refractivity contribution in [2.75, 3.05) is 125 Å². The van der Waals surface area contributed by atoms with Crippen LogP contribution in [0.5, 0.6) is 0 Å². The number of hydrogen-bond acceptors (Lipinski definition) is 20. The van der Waals surface area contributed by atoms with Gasteiger partial charge in [0.25, 0.3) is 0 Å². The Kier molecular flexibility index (Phi) is 18.8. The molecule has 10 heterocycles. The first-order valence-corrected chi connectivity index (χ1v) is 31.0. The second-order valence-electron chi connectivity index (χ2n) is 20.2. The van der Waals surface area contributed by atoms with E-state index in [9.17, 15) is 34.0 Å². The van der Waals surface area contributed by atoms with E-state index in [1.165, 1.54) is 61.6 Å². The zero-order chi connectivity index (χ0) is 58.5. The maximum atomic E-state index is 13.5. The summed E-state index contributed by atoms with van der Waals surface area (Å²) in [4.78, 5) is 60.3. The van der Waals surface area contributed by atoms with Gasteiger partial charge >= 0.3 is 0 Å². The van der Waals surface area contributed by atoms with Crippen molar-refractivity contribution in [3.05, 3.63) is 104 Å². The van der Waals surface area contributed by atoms with Gasteiger partial charge in [-0.05, 0) is 85.6 Å². The number of pyridine rings is 2. The van der Waals surface area contributed by atoms with Crippen molar-refractivity contribution in [1.29, 1.82) is 10.5 Å². The van der Waals surface area contributed by atoms with Gasteiger partial charge in [0, 0.05) is 114 Å². The molecule has 0 unspecified atom stereocenters. The minimum Gasteiger partial charge on any atom is -0.389 e. The Labute approximate surface area is 500 Å². The predicted molar refractivity (Wildman–Crippen MR) is 328 cm³/mol. The van der Waals surface area contributed by atoms with Crippen LogP contribution in [0.25, 0.3) is 42.9 Å². The number of nitriles is 2. The molecule has 12 rings (SSSR count). The normalized spacial score (nSPS) is 15.7. The van der Waals surface area contributed by atoms with Crippen LogP contribution in [-0.2, 0) is 22.4 Å². The molecule has 0 radical (unpaired) electrons. The topological polar surface area (TPSA) is 208 Å². The van der Waals surface area contributed by atoms with Crippen LogP contribution < -0.4 is 24.9 Å². The first-order valence-electron chi connectivity index (χ1n) is 27.2. The van der Waals surface area contributed by atoms with Crippen LogP contribution in [0.2, 0.25) is 0 Å². The van der Waals surface area contributed by atoms with E-state index in [0.29, 0.717) is 64.6 Å². The fourth-order valence-electron chi connectivity index (χ4n) is 10.1.